The maximum atomic E-state index is 12.2. The average Bonchev–Trinajstić information content (AvgIpc) is 2.83. The molecule has 0 radical (unpaired) electrons. The minimum Gasteiger partial charge on any atom is -0.493 e. The average molecular weight is 298 g/mol. The lowest BCUT2D eigenvalue weighted by molar-refractivity contribution is 0.356. The summed E-state index contributed by atoms with van der Waals surface area (Å²) in [6.45, 7) is 5.00. The second kappa shape index (κ2) is 6.11. The first-order chi connectivity index (χ1) is 9.38. The molecule has 112 valence electrons. The van der Waals surface area contributed by atoms with Crippen LogP contribution >= 0.6 is 0 Å². The van der Waals surface area contributed by atoms with Crippen molar-refractivity contribution in [2.45, 2.75) is 37.6 Å². The quantitative estimate of drug-likeness (QED) is 0.829. The van der Waals surface area contributed by atoms with Gasteiger partial charge >= 0.3 is 0 Å². The Bertz CT molecular complexity index is 570. The normalized spacial score (nSPS) is 16.0. The number of sulfonamides is 1. The van der Waals surface area contributed by atoms with Crippen molar-refractivity contribution in [1.29, 1.82) is 0 Å². The zero-order valence-electron chi connectivity index (χ0n) is 11.9. The van der Waals surface area contributed by atoms with Gasteiger partial charge in [0.2, 0.25) is 10.0 Å². The summed E-state index contributed by atoms with van der Waals surface area (Å²) in [7, 11) is -3.50. The number of rotatable bonds is 6. The topological polar surface area (TPSA) is 81.4 Å². The van der Waals surface area contributed by atoms with Crippen LogP contribution in [0.5, 0.6) is 5.75 Å². The third kappa shape index (κ3) is 3.71. The molecule has 0 aromatic heterocycles. The zero-order valence-corrected chi connectivity index (χ0v) is 12.7. The summed E-state index contributed by atoms with van der Waals surface area (Å²) in [5, 5.41) is 0. The zero-order chi connectivity index (χ0) is 14.8. The van der Waals surface area contributed by atoms with Crippen molar-refractivity contribution in [3.05, 3.63) is 23.8 Å². The summed E-state index contributed by atoms with van der Waals surface area (Å²) in [6.07, 6.45) is 1.55. The van der Waals surface area contributed by atoms with Crippen LogP contribution in [0.15, 0.2) is 23.1 Å². The maximum Gasteiger partial charge on any atom is 0.240 e. The summed E-state index contributed by atoms with van der Waals surface area (Å²) >= 11 is 0. The first kappa shape index (κ1) is 15.3. The van der Waals surface area contributed by atoms with Gasteiger partial charge in [0.1, 0.15) is 5.75 Å². The van der Waals surface area contributed by atoms with Gasteiger partial charge < -0.3 is 10.5 Å². The summed E-state index contributed by atoms with van der Waals surface area (Å²) in [4.78, 5) is 0.276. The van der Waals surface area contributed by atoms with E-state index in [1.165, 1.54) is 0 Å². The fraction of sp³-hybridized carbons (Fsp3) is 0.571. The number of ether oxygens (including phenoxy) is 1. The van der Waals surface area contributed by atoms with E-state index in [9.17, 15) is 8.42 Å². The number of hydrogen-bond donors (Lipinski definition) is 2. The fourth-order valence-electron chi connectivity index (χ4n) is 2.32. The van der Waals surface area contributed by atoms with E-state index in [0.29, 0.717) is 12.5 Å². The molecule has 0 saturated carbocycles. The van der Waals surface area contributed by atoms with Gasteiger partial charge in [0.25, 0.3) is 0 Å². The van der Waals surface area contributed by atoms with Gasteiger partial charge in [0.05, 0.1) is 11.5 Å². The number of benzene rings is 1. The van der Waals surface area contributed by atoms with Crippen molar-refractivity contribution >= 4 is 10.0 Å². The Labute approximate surface area is 120 Å². The first-order valence-electron chi connectivity index (χ1n) is 6.89. The fourth-order valence-corrected chi connectivity index (χ4v) is 3.46. The highest BCUT2D eigenvalue weighted by molar-refractivity contribution is 7.89. The van der Waals surface area contributed by atoms with Gasteiger partial charge in [-0.1, -0.05) is 13.8 Å². The van der Waals surface area contributed by atoms with E-state index in [1.54, 1.807) is 18.2 Å². The molecule has 1 heterocycles. The van der Waals surface area contributed by atoms with Crippen molar-refractivity contribution in [3.8, 4) is 5.75 Å². The number of nitrogens with two attached hydrogens (primary N) is 1. The molecule has 0 spiro atoms. The molecule has 5 nitrogen and oxygen atoms in total. The molecule has 1 aromatic carbocycles. The molecular formula is C14H22N2O3S. The Kier molecular flexibility index (Phi) is 4.67. The van der Waals surface area contributed by atoms with Crippen molar-refractivity contribution < 1.29 is 13.2 Å². The minimum absolute atomic E-state index is 0.164. The van der Waals surface area contributed by atoms with Crippen LogP contribution in [-0.4, -0.2) is 27.6 Å². The molecule has 3 N–H and O–H groups in total. The Morgan fingerprint density at radius 2 is 2.15 bits per heavy atom. The summed E-state index contributed by atoms with van der Waals surface area (Å²) in [5.41, 5.74) is 6.85. The second-order valence-electron chi connectivity index (χ2n) is 5.61. The first-order valence-corrected chi connectivity index (χ1v) is 8.38. The van der Waals surface area contributed by atoms with Gasteiger partial charge in [-0.15, -0.1) is 0 Å². The Morgan fingerprint density at radius 1 is 1.40 bits per heavy atom. The molecule has 0 amide bonds. The van der Waals surface area contributed by atoms with Crippen LogP contribution in [0, 0.1) is 5.92 Å². The molecule has 1 aromatic rings. The number of fused-ring (bicyclic) bond motifs is 1. The van der Waals surface area contributed by atoms with Gasteiger partial charge in [0, 0.05) is 19.0 Å². The highest BCUT2D eigenvalue weighted by Crippen LogP contribution is 2.27. The molecule has 6 heteroatoms. The van der Waals surface area contributed by atoms with Gasteiger partial charge in [-0.3, -0.25) is 0 Å². The molecule has 1 atom stereocenters. The van der Waals surface area contributed by atoms with Crippen LogP contribution in [0.4, 0.5) is 0 Å². The molecule has 1 aliphatic heterocycles. The van der Waals surface area contributed by atoms with Crippen molar-refractivity contribution in [2.24, 2.45) is 11.7 Å². The van der Waals surface area contributed by atoms with Gasteiger partial charge in [-0.2, -0.15) is 0 Å². The van der Waals surface area contributed by atoms with Crippen molar-refractivity contribution in [1.82, 2.24) is 4.72 Å². The summed E-state index contributed by atoms with van der Waals surface area (Å²) in [6, 6.07) is 4.80. The summed E-state index contributed by atoms with van der Waals surface area (Å²) < 4.78 is 32.4. The minimum atomic E-state index is -3.50. The number of nitrogens with one attached hydrogen (secondary N) is 1. The predicted molar refractivity (Wildman–Crippen MR) is 78.3 cm³/mol. The molecule has 0 saturated heterocycles. The molecule has 20 heavy (non-hydrogen) atoms. The van der Waals surface area contributed by atoms with Crippen molar-refractivity contribution in [3.63, 3.8) is 0 Å². The van der Waals surface area contributed by atoms with E-state index in [4.69, 9.17) is 10.5 Å². The molecular weight excluding hydrogens is 276 g/mol. The van der Waals surface area contributed by atoms with Crippen LogP contribution in [0.3, 0.4) is 0 Å². The lowest BCUT2D eigenvalue weighted by Crippen LogP contribution is -2.38. The Balaban J connectivity index is 2.03. The predicted octanol–water partition coefficient (Wildman–Crippen LogP) is 1.27. The third-order valence-corrected chi connectivity index (χ3v) is 4.70. The van der Waals surface area contributed by atoms with E-state index in [2.05, 4.69) is 18.6 Å². The van der Waals surface area contributed by atoms with Crippen LogP contribution in [-0.2, 0) is 16.4 Å². The van der Waals surface area contributed by atoms with Crippen LogP contribution < -0.4 is 15.2 Å². The number of hydrogen-bond acceptors (Lipinski definition) is 4. The lowest BCUT2D eigenvalue weighted by Gasteiger charge is -2.15. The highest BCUT2D eigenvalue weighted by atomic mass is 32.2. The molecule has 1 unspecified atom stereocenters. The lowest BCUT2D eigenvalue weighted by atomic mass is 10.1. The van der Waals surface area contributed by atoms with Gasteiger partial charge in [-0.05, 0) is 36.1 Å². The van der Waals surface area contributed by atoms with Gasteiger partial charge in [-0.25, -0.2) is 13.1 Å². The van der Waals surface area contributed by atoms with E-state index in [0.717, 1.165) is 24.2 Å². The van der Waals surface area contributed by atoms with Crippen LogP contribution in [0.2, 0.25) is 0 Å². The van der Waals surface area contributed by atoms with E-state index in [1.807, 2.05) is 0 Å². The van der Waals surface area contributed by atoms with Crippen LogP contribution in [0.1, 0.15) is 25.8 Å². The van der Waals surface area contributed by atoms with Crippen LogP contribution in [0.25, 0.3) is 0 Å². The SMILES string of the molecule is CC(C)CC(N)CNS(=O)(=O)c1ccc2c(c1)CCO2. The van der Waals surface area contributed by atoms with E-state index < -0.39 is 10.0 Å². The summed E-state index contributed by atoms with van der Waals surface area (Å²) in [5.74, 6) is 1.23. The second-order valence-corrected chi connectivity index (χ2v) is 7.38. The molecule has 0 bridgehead atoms. The molecule has 0 aliphatic carbocycles. The highest BCUT2D eigenvalue weighted by Gasteiger charge is 2.19. The standard InChI is InChI=1S/C14H22N2O3S/c1-10(2)7-12(15)9-16-20(17,18)13-3-4-14-11(8-13)5-6-19-14/h3-4,8,10,12,16H,5-7,9,15H2,1-2H3. The Hall–Kier alpha value is -1.11. The molecule has 1 aliphatic rings. The Morgan fingerprint density at radius 3 is 2.85 bits per heavy atom. The van der Waals surface area contributed by atoms with E-state index >= 15 is 0 Å². The van der Waals surface area contributed by atoms with Gasteiger partial charge in [0.15, 0.2) is 0 Å². The van der Waals surface area contributed by atoms with E-state index in [-0.39, 0.29) is 17.5 Å². The monoisotopic (exact) mass is 298 g/mol. The maximum absolute atomic E-state index is 12.2. The molecule has 0 fully saturated rings. The largest absolute Gasteiger partial charge is 0.493 e. The third-order valence-electron chi connectivity index (χ3n) is 3.28. The smallest absolute Gasteiger partial charge is 0.240 e. The van der Waals surface area contributed by atoms with Crippen molar-refractivity contribution in [2.75, 3.05) is 13.2 Å². The molecule has 2 rings (SSSR count).